The first-order chi connectivity index (χ1) is 10.7. The van der Waals surface area contributed by atoms with Gasteiger partial charge in [0, 0.05) is 12.7 Å². The van der Waals surface area contributed by atoms with Gasteiger partial charge in [-0.3, -0.25) is 4.31 Å². The second-order valence-corrected chi connectivity index (χ2v) is 7.08. The Hall–Kier alpha value is -2.41. The molecule has 0 N–H and O–H groups in total. The zero-order chi connectivity index (χ0) is 15.2. The van der Waals surface area contributed by atoms with Gasteiger partial charge in [-0.05, 0) is 37.1 Å². The standard InChI is InChI=1S/C15H14N4O2S/c20-22(21,12-6-2-1-3-7-12)19-11-4-8-13-15-14(19)9-5-10-18(15)17-16-13/h1-3,5-7,9-10H,4,8,11H2. The second kappa shape index (κ2) is 4.81. The highest BCUT2D eigenvalue weighted by molar-refractivity contribution is 7.92. The summed E-state index contributed by atoms with van der Waals surface area (Å²) in [6.45, 7) is 0.438. The lowest BCUT2D eigenvalue weighted by molar-refractivity contribution is 0.589. The number of nitrogens with zero attached hydrogens (tertiary/aromatic N) is 4. The minimum atomic E-state index is -3.59. The number of anilines is 1. The first-order valence-electron chi connectivity index (χ1n) is 7.08. The summed E-state index contributed by atoms with van der Waals surface area (Å²) in [6, 6.07) is 12.1. The predicted octanol–water partition coefficient (Wildman–Crippen LogP) is 1.87. The molecule has 3 aromatic rings. The molecule has 1 aliphatic heterocycles. The van der Waals surface area contributed by atoms with Gasteiger partial charge < -0.3 is 0 Å². The SMILES string of the molecule is O=S(=O)(c1ccccc1)N1CCCc2nnn3cccc1c23. The van der Waals surface area contributed by atoms with Gasteiger partial charge in [0.15, 0.2) is 0 Å². The molecule has 0 saturated carbocycles. The van der Waals surface area contributed by atoms with Crippen LogP contribution in [0, 0.1) is 0 Å². The normalized spacial score (nSPS) is 15.0. The fourth-order valence-electron chi connectivity index (χ4n) is 2.84. The van der Waals surface area contributed by atoms with E-state index in [1.54, 1.807) is 47.1 Å². The third kappa shape index (κ3) is 1.89. The van der Waals surface area contributed by atoms with E-state index in [0.29, 0.717) is 17.1 Å². The molecule has 6 nitrogen and oxygen atoms in total. The van der Waals surface area contributed by atoms with E-state index in [9.17, 15) is 8.42 Å². The van der Waals surface area contributed by atoms with Crippen LogP contribution >= 0.6 is 0 Å². The van der Waals surface area contributed by atoms with Crippen molar-refractivity contribution in [2.45, 2.75) is 17.7 Å². The summed E-state index contributed by atoms with van der Waals surface area (Å²) in [7, 11) is -3.59. The minimum Gasteiger partial charge on any atom is -0.264 e. The molecule has 0 radical (unpaired) electrons. The van der Waals surface area contributed by atoms with Gasteiger partial charge in [-0.25, -0.2) is 12.9 Å². The van der Waals surface area contributed by atoms with Crippen LogP contribution < -0.4 is 4.31 Å². The van der Waals surface area contributed by atoms with E-state index in [4.69, 9.17) is 0 Å². The first kappa shape index (κ1) is 13.3. The smallest absolute Gasteiger partial charge is 0.264 e. The maximum Gasteiger partial charge on any atom is 0.264 e. The highest BCUT2D eigenvalue weighted by Crippen LogP contribution is 2.32. The predicted molar refractivity (Wildman–Crippen MR) is 82.3 cm³/mol. The summed E-state index contributed by atoms with van der Waals surface area (Å²) in [5, 5.41) is 8.23. The Bertz CT molecular complexity index is 935. The Labute approximate surface area is 128 Å². The number of aryl methyl sites for hydroxylation is 1. The van der Waals surface area contributed by atoms with Crippen LogP contribution in [-0.4, -0.2) is 29.8 Å². The molecule has 0 bridgehead atoms. The van der Waals surface area contributed by atoms with Crippen molar-refractivity contribution in [2.75, 3.05) is 10.8 Å². The molecule has 0 unspecified atom stereocenters. The molecule has 2 aromatic heterocycles. The third-order valence-electron chi connectivity index (χ3n) is 3.86. The van der Waals surface area contributed by atoms with Crippen LogP contribution in [0.3, 0.4) is 0 Å². The monoisotopic (exact) mass is 314 g/mol. The van der Waals surface area contributed by atoms with Crippen LogP contribution in [0.25, 0.3) is 5.52 Å². The van der Waals surface area contributed by atoms with Crippen molar-refractivity contribution in [2.24, 2.45) is 0 Å². The van der Waals surface area contributed by atoms with Crippen LogP contribution in [0.15, 0.2) is 53.6 Å². The van der Waals surface area contributed by atoms with Gasteiger partial charge in [0.2, 0.25) is 0 Å². The summed E-state index contributed by atoms with van der Waals surface area (Å²) in [4.78, 5) is 0.299. The van der Waals surface area contributed by atoms with Crippen molar-refractivity contribution in [3.05, 3.63) is 54.4 Å². The Morgan fingerprint density at radius 3 is 2.68 bits per heavy atom. The molecule has 4 rings (SSSR count). The molecule has 112 valence electrons. The average Bonchev–Trinajstić information content (AvgIpc) is 2.85. The summed E-state index contributed by atoms with van der Waals surface area (Å²) in [6.07, 6.45) is 3.23. The summed E-state index contributed by atoms with van der Waals surface area (Å²) < 4.78 is 29.1. The lowest BCUT2D eigenvalue weighted by Gasteiger charge is -2.23. The Morgan fingerprint density at radius 2 is 1.86 bits per heavy atom. The number of rotatable bonds is 2. The van der Waals surface area contributed by atoms with E-state index < -0.39 is 10.0 Å². The Morgan fingerprint density at radius 1 is 1.05 bits per heavy atom. The quantitative estimate of drug-likeness (QED) is 0.724. The van der Waals surface area contributed by atoms with Gasteiger partial charge in [0.05, 0.1) is 16.3 Å². The molecule has 0 saturated heterocycles. The van der Waals surface area contributed by atoms with Crippen LogP contribution in [0.5, 0.6) is 0 Å². The molecule has 1 aromatic carbocycles. The van der Waals surface area contributed by atoms with Crippen molar-refractivity contribution in [1.82, 2.24) is 14.8 Å². The maximum absolute atomic E-state index is 13.0. The molecule has 0 aliphatic carbocycles. The fraction of sp³-hybridized carbons (Fsp3) is 0.200. The van der Waals surface area contributed by atoms with E-state index in [1.807, 2.05) is 6.07 Å². The summed E-state index contributed by atoms with van der Waals surface area (Å²) in [5.41, 5.74) is 2.27. The lowest BCUT2D eigenvalue weighted by atomic mass is 10.2. The van der Waals surface area contributed by atoms with Crippen molar-refractivity contribution in [3.8, 4) is 0 Å². The van der Waals surface area contributed by atoms with Crippen LogP contribution in [0.4, 0.5) is 5.69 Å². The van der Waals surface area contributed by atoms with Gasteiger partial charge in [-0.15, -0.1) is 5.10 Å². The van der Waals surface area contributed by atoms with Crippen molar-refractivity contribution in [1.29, 1.82) is 0 Å². The number of hydrogen-bond acceptors (Lipinski definition) is 4. The summed E-state index contributed by atoms with van der Waals surface area (Å²) >= 11 is 0. The van der Waals surface area contributed by atoms with Crippen molar-refractivity contribution < 1.29 is 8.42 Å². The molecular weight excluding hydrogens is 300 g/mol. The number of benzene rings is 1. The Kier molecular flexibility index (Phi) is 2.90. The molecule has 0 spiro atoms. The Balaban J connectivity index is 1.94. The first-order valence-corrected chi connectivity index (χ1v) is 8.52. The maximum atomic E-state index is 13.0. The molecule has 7 heteroatoms. The van der Waals surface area contributed by atoms with E-state index in [0.717, 1.165) is 24.1 Å². The second-order valence-electron chi connectivity index (χ2n) is 5.22. The minimum absolute atomic E-state index is 0.299. The molecule has 3 heterocycles. The summed E-state index contributed by atoms with van der Waals surface area (Å²) in [5.74, 6) is 0. The number of aromatic nitrogens is 3. The molecule has 0 atom stereocenters. The van der Waals surface area contributed by atoms with Crippen LogP contribution in [0.1, 0.15) is 12.1 Å². The van der Waals surface area contributed by atoms with E-state index in [2.05, 4.69) is 10.3 Å². The highest BCUT2D eigenvalue weighted by Gasteiger charge is 2.29. The van der Waals surface area contributed by atoms with Crippen molar-refractivity contribution >= 4 is 21.2 Å². The molecule has 0 fully saturated rings. The van der Waals surface area contributed by atoms with E-state index in [1.165, 1.54) is 4.31 Å². The highest BCUT2D eigenvalue weighted by atomic mass is 32.2. The van der Waals surface area contributed by atoms with Gasteiger partial charge >= 0.3 is 0 Å². The zero-order valence-electron chi connectivity index (χ0n) is 11.8. The van der Waals surface area contributed by atoms with Gasteiger partial charge in [-0.1, -0.05) is 23.4 Å². The van der Waals surface area contributed by atoms with Crippen molar-refractivity contribution in [3.63, 3.8) is 0 Å². The van der Waals surface area contributed by atoms with Gasteiger partial charge in [0.25, 0.3) is 10.0 Å². The molecule has 1 aliphatic rings. The molecular formula is C15H14N4O2S. The third-order valence-corrected chi connectivity index (χ3v) is 5.69. The molecule has 0 amide bonds. The molecule has 22 heavy (non-hydrogen) atoms. The zero-order valence-corrected chi connectivity index (χ0v) is 12.6. The number of pyridine rings is 1. The largest absolute Gasteiger partial charge is 0.264 e. The topological polar surface area (TPSA) is 67.6 Å². The lowest BCUT2D eigenvalue weighted by Crippen LogP contribution is -2.31. The van der Waals surface area contributed by atoms with Gasteiger partial charge in [0.1, 0.15) is 5.52 Å². The average molecular weight is 314 g/mol. The number of hydrogen-bond donors (Lipinski definition) is 0. The van der Waals surface area contributed by atoms with Crippen LogP contribution in [-0.2, 0) is 16.4 Å². The van der Waals surface area contributed by atoms with E-state index in [-0.39, 0.29) is 0 Å². The van der Waals surface area contributed by atoms with E-state index >= 15 is 0 Å². The van der Waals surface area contributed by atoms with Crippen LogP contribution in [0.2, 0.25) is 0 Å². The number of sulfonamides is 1. The van der Waals surface area contributed by atoms with Gasteiger partial charge in [-0.2, -0.15) is 0 Å². The fourth-order valence-corrected chi connectivity index (χ4v) is 4.37.